The van der Waals surface area contributed by atoms with E-state index >= 15 is 0 Å². The minimum absolute atomic E-state index is 0.0111. The third-order valence-electron chi connectivity index (χ3n) is 2.48. The average molecular weight is 225 g/mol. The Morgan fingerprint density at radius 3 is 2.94 bits per heavy atom. The summed E-state index contributed by atoms with van der Waals surface area (Å²) in [6, 6.07) is 0.0111. The molecule has 0 saturated heterocycles. The zero-order valence-electron chi connectivity index (χ0n) is 9.82. The van der Waals surface area contributed by atoms with E-state index in [2.05, 4.69) is 17.4 Å². The third kappa shape index (κ3) is 3.34. The van der Waals surface area contributed by atoms with Gasteiger partial charge in [-0.2, -0.15) is 0 Å². The molecule has 0 spiro atoms. The van der Waals surface area contributed by atoms with Gasteiger partial charge in [-0.25, -0.2) is 0 Å². The van der Waals surface area contributed by atoms with Crippen molar-refractivity contribution in [3.63, 3.8) is 0 Å². The number of nitrogens with zero attached hydrogens (tertiary/aromatic N) is 1. The van der Waals surface area contributed by atoms with Crippen LogP contribution in [0.15, 0.2) is 10.7 Å². The summed E-state index contributed by atoms with van der Waals surface area (Å²) in [5, 5.41) is 6.42. The molecular formula is C11H19N3O2. The molecule has 16 heavy (non-hydrogen) atoms. The molecule has 1 unspecified atom stereocenters. The summed E-state index contributed by atoms with van der Waals surface area (Å²) in [5.41, 5.74) is 6.33. The standard InChI is InChI=1S/C11H19N3O2/c1-3-4-5-9(6-12)14-11(15)10-8(2)7-13-16-10/h7,9H,3-6,12H2,1-2H3,(H,14,15). The second kappa shape index (κ2) is 6.27. The Kier molecular flexibility index (Phi) is 4.98. The number of aryl methyl sites for hydroxylation is 1. The molecule has 1 aromatic heterocycles. The van der Waals surface area contributed by atoms with Crippen molar-refractivity contribution in [1.82, 2.24) is 10.5 Å². The van der Waals surface area contributed by atoms with Gasteiger partial charge in [0.05, 0.1) is 6.20 Å². The summed E-state index contributed by atoms with van der Waals surface area (Å²) >= 11 is 0. The van der Waals surface area contributed by atoms with Crippen molar-refractivity contribution in [2.45, 2.75) is 39.2 Å². The molecular weight excluding hydrogens is 206 g/mol. The van der Waals surface area contributed by atoms with Crippen molar-refractivity contribution in [3.8, 4) is 0 Å². The molecule has 90 valence electrons. The van der Waals surface area contributed by atoms with E-state index in [-0.39, 0.29) is 17.7 Å². The Morgan fingerprint density at radius 1 is 1.69 bits per heavy atom. The van der Waals surface area contributed by atoms with E-state index in [0.29, 0.717) is 6.54 Å². The predicted octanol–water partition coefficient (Wildman–Crippen LogP) is 1.23. The second-order valence-corrected chi connectivity index (χ2v) is 3.89. The Morgan fingerprint density at radius 2 is 2.44 bits per heavy atom. The van der Waals surface area contributed by atoms with Crippen molar-refractivity contribution in [3.05, 3.63) is 17.5 Å². The molecule has 1 atom stereocenters. The van der Waals surface area contributed by atoms with Gasteiger partial charge in [-0.3, -0.25) is 4.79 Å². The van der Waals surface area contributed by atoms with Crippen molar-refractivity contribution < 1.29 is 9.32 Å². The Labute approximate surface area is 95.4 Å². The quantitative estimate of drug-likeness (QED) is 0.763. The fourth-order valence-corrected chi connectivity index (χ4v) is 1.46. The van der Waals surface area contributed by atoms with E-state index in [0.717, 1.165) is 24.8 Å². The van der Waals surface area contributed by atoms with Crippen LogP contribution in [0.5, 0.6) is 0 Å². The molecule has 0 aromatic carbocycles. The molecule has 0 fully saturated rings. The first-order valence-corrected chi connectivity index (χ1v) is 5.61. The predicted molar refractivity (Wildman–Crippen MR) is 61.1 cm³/mol. The number of hydrogen-bond acceptors (Lipinski definition) is 4. The lowest BCUT2D eigenvalue weighted by Gasteiger charge is -2.15. The summed E-state index contributed by atoms with van der Waals surface area (Å²) < 4.78 is 4.87. The van der Waals surface area contributed by atoms with E-state index in [1.807, 2.05) is 0 Å². The number of unbranched alkanes of at least 4 members (excludes halogenated alkanes) is 1. The zero-order valence-corrected chi connectivity index (χ0v) is 9.82. The molecule has 0 radical (unpaired) electrons. The number of hydrogen-bond donors (Lipinski definition) is 2. The highest BCUT2D eigenvalue weighted by Crippen LogP contribution is 2.07. The lowest BCUT2D eigenvalue weighted by molar-refractivity contribution is 0.0897. The van der Waals surface area contributed by atoms with Gasteiger partial charge >= 0.3 is 0 Å². The number of carbonyl (C=O) groups is 1. The lowest BCUT2D eigenvalue weighted by Crippen LogP contribution is -2.40. The maximum Gasteiger partial charge on any atom is 0.290 e. The van der Waals surface area contributed by atoms with Crippen LogP contribution in [0.2, 0.25) is 0 Å². The van der Waals surface area contributed by atoms with Crippen LogP contribution in [-0.4, -0.2) is 23.7 Å². The van der Waals surface area contributed by atoms with Gasteiger partial charge in [0.2, 0.25) is 5.76 Å². The summed E-state index contributed by atoms with van der Waals surface area (Å²) in [6.45, 7) is 4.34. The number of nitrogens with two attached hydrogens (primary N) is 1. The first-order valence-electron chi connectivity index (χ1n) is 5.61. The molecule has 0 saturated carbocycles. The number of nitrogens with one attached hydrogen (secondary N) is 1. The average Bonchev–Trinajstić information content (AvgIpc) is 2.70. The maximum atomic E-state index is 11.8. The minimum atomic E-state index is -0.235. The van der Waals surface area contributed by atoms with Crippen molar-refractivity contribution >= 4 is 5.91 Å². The molecule has 1 rings (SSSR count). The monoisotopic (exact) mass is 225 g/mol. The van der Waals surface area contributed by atoms with Crippen LogP contribution in [0.25, 0.3) is 0 Å². The maximum absolute atomic E-state index is 11.8. The van der Waals surface area contributed by atoms with Gasteiger partial charge in [-0.05, 0) is 13.3 Å². The van der Waals surface area contributed by atoms with E-state index in [4.69, 9.17) is 10.3 Å². The smallest absolute Gasteiger partial charge is 0.290 e. The molecule has 5 heteroatoms. The number of carbonyl (C=O) groups excluding carboxylic acids is 1. The van der Waals surface area contributed by atoms with Crippen LogP contribution in [0, 0.1) is 6.92 Å². The summed E-state index contributed by atoms with van der Waals surface area (Å²) in [7, 11) is 0. The molecule has 0 bridgehead atoms. The zero-order chi connectivity index (χ0) is 12.0. The molecule has 0 aliphatic rings. The van der Waals surface area contributed by atoms with Gasteiger partial charge in [0, 0.05) is 18.2 Å². The molecule has 1 amide bonds. The van der Waals surface area contributed by atoms with Crippen LogP contribution >= 0.6 is 0 Å². The number of aromatic nitrogens is 1. The van der Waals surface area contributed by atoms with Crippen molar-refractivity contribution in [2.24, 2.45) is 5.73 Å². The van der Waals surface area contributed by atoms with Crippen LogP contribution in [0.4, 0.5) is 0 Å². The van der Waals surface area contributed by atoms with Gasteiger partial charge in [-0.1, -0.05) is 24.9 Å². The lowest BCUT2D eigenvalue weighted by atomic mass is 10.1. The molecule has 1 aromatic rings. The fraction of sp³-hybridized carbons (Fsp3) is 0.636. The van der Waals surface area contributed by atoms with Crippen molar-refractivity contribution in [2.75, 3.05) is 6.54 Å². The Hall–Kier alpha value is -1.36. The normalized spacial score (nSPS) is 12.4. The number of rotatable bonds is 6. The SMILES string of the molecule is CCCCC(CN)NC(=O)c1oncc1C. The van der Waals surface area contributed by atoms with E-state index in [1.165, 1.54) is 6.20 Å². The van der Waals surface area contributed by atoms with Gasteiger partial charge in [0.25, 0.3) is 5.91 Å². The topological polar surface area (TPSA) is 81.1 Å². The molecule has 0 aliphatic heterocycles. The highest BCUT2D eigenvalue weighted by molar-refractivity contribution is 5.92. The van der Waals surface area contributed by atoms with Gasteiger partial charge in [0.15, 0.2) is 0 Å². The molecule has 5 nitrogen and oxygen atoms in total. The fourth-order valence-electron chi connectivity index (χ4n) is 1.46. The van der Waals surface area contributed by atoms with Gasteiger partial charge < -0.3 is 15.6 Å². The highest BCUT2D eigenvalue weighted by Gasteiger charge is 2.17. The highest BCUT2D eigenvalue weighted by atomic mass is 16.5. The second-order valence-electron chi connectivity index (χ2n) is 3.89. The molecule has 1 heterocycles. The van der Waals surface area contributed by atoms with Gasteiger partial charge in [0.1, 0.15) is 0 Å². The first kappa shape index (κ1) is 12.7. The molecule has 0 aliphatic carbocycles. The first-order chi connectivity index (χ1) is 7.69. The third-order valence-corrected chi connectivity index (χ3v) is 2.48. The summed E-state index contributed by atoms with van der Waals surface area (Å²) in [6.07, 6.45) is 4.57. The van der Waals surface area contributed by atoms with Crippen molar-refractivity contribution in [1.29, 1.82) is 0 Å². The van der Waals surface area contributed by atoms with Crippen LogP contribution in [0.1, 0.15) is 42.3 Å². The van der Waals surface area contributed by atoms with E-state index < -0.39 is 0 Å². The Bertz CT molecular complexity index is 336. The number of amides is 1. The van der Waals surface area contributed by atoms with E-state index in [1.54, 1.807) is 6.92 Å². The van der Waals surface area contributed by atoms with Gasteiger partial charge in [-0.15, -0.1) is 0 Å². The largest absolute Gasteiger partial charge is 0.351 e. The minimum Gasteiger partial charge on any atom is -0.351 e. The summed E-state index contributed by atoms with van der Waals surface area (Å²) in [5.74, 6) is 0.0384. The molecule has 3 N–H and O–H groups in total. The van der Waals surface area contributed by atoms with Crippen LogP contribution in [-0.2, 0) is 0 Å². The van der Waals surface area contributed by atoms with E-state index in [9.17, 15) is 4.79 Å². The van der Waals surface area contributed by atoms with Crippen LogP contribution in [0.3, 0.4) is 0 Å². The Balaban J connectivity index is 2.52. The summed E-state index contributed by atoms with van der Waals surface area (Å²) in [4.78, 5) is 11.8. The van der Waals surface area contributed by atoms with Crippen LogP contribution < -0.4 is 11.1 Å².